The van der Waals surface area contributed by atoms with Gasteiger partial charge in [-0.2, -0.15) is 4.98 Å². The van der Waals surface area contributed by atoms with Gasteiger partial charge in [-0.1, -0.05) is 0 Å². The van der Waals surface area contributed by atoms with Crippen LogP contribution in [-0.2, 0) is 4.74 Å². The van der Waals surface area contributed by atoms with Gasteiger partial charge in [0.2, 0.25) is 5.88 Å². The van der Waals surface area contributed by atoms with E-state index < -0.39 is 34.9 Å². The van der Waals surface area contributed by atoms with Crippen molar-refractivity contribution in [3.63, 3.8) is 0 Å². The van der Waals surface area contributed by atoms with E-state index in [9.17, 15) is 27.2 Å². The summed E-state index contributed by atoms with van der Waals surface area (Å²) in [5.74, 6) is -1.47. The summed E-state index contributed by atoms with van der Waals surface area (Å²) in [5, 5.41) is -0.128. The topological polar surface area (TPSA) is 95.9 Å². The molecular weight excluding hydrogens is 548 g/mol. The number of pyridine rings is 2. The van der Waals surface area contributed by atoms with E-state index in [0.29, 0.717) is 19.0 Å². The van der Waals surface area contributed by atoms with Crippen LogP contribution in [-0.4, -0.2) is 55.9 Å². The average molecular weight is 568 g/mol. The fraction of sp³-hybridized carbons (Fsp3) is 0.259. The van der Waals surface area contributed by atoms with E-state index in [0.717, 1.165) is 39.8 Å². The molecule has 0 saturated carbocycles. The number of imidazole rings is 1. The number of benzene rings is 1. The van der Waals surface area contributed by atoms with Gasteiger partial charge in [0, 0.05) is 24.9 Å². The van der Waals surface area contributed by atoms with Crippen molar-refractivity contribution < 1.29 is 27.0 Å². The number of ether oxygens (including phenoxy) is 2. The molecule has 2 aliphatic rings. The fourth-order valence-electron chi connectivity index (χ4n) is 5.65. The third kappa shape index (κ3) is 3.81. The molecule has 0 amide bonds. The lowest BCUT2D eigenvalue weighted by Gasteiger charge is -2.28. The molecular formula is C27H20F4N6O4. The number of hydrogen-bond acceptors (Lipinski definition) is 7. The molecule has 2 aliphatic heterocycles. The van der Waals surface area contributed by atoms with E-state index in [1.165, 1.54) is 36.0 Å². The van der Waals surface area contributed by atoms with Gasteiger partial charge in [-0.15, -0.1) is 0 Å². The summed E-state index contributed by atoms with van der Waals surface area (Å²) in [6, 6.07) is 6.63. The molecule has 0 N–H and O–H groups in total. The molecule has 0 radical (unpaired) electrons. The van der Waals surface area contributed by atoms with Gasteiger partial charge >= 0.3 is 5.69 Å². The molecule has 0 unspecified atom stereocenters. The van der Waals surface area contributed by atoms with Crippen molar-refractivity contribution in [1.29, 1.82) is 0 Å². The molecule has 2 fully saturated rings. The molecule has 1 aromatic carbocycles. The molecule has 0 spiro atoms. The first-order valence-corrected chi connectivity index (χ1v) is 12.6. The van der Waals surface area contributed by atoms with Crippen LogP contribution >= 0.6 is 0 Å². The van der Waals surface area contributed by atoms with Crippen LogP contribution in [0.2, 0.25) is 0 Å². The predicted molar refractivity (Wildman–Crippen MR) is 139 cm³/mol. The molecule has 2 atom stereocenters. The maximum Gasteiger partial charge on any atom is 0.342 e. The van der Waals surface area contributed by atoms with Gasteiger partial charge in [-0.25, -0.2) is 31.9 Å². The quantitative estimate of drug-likeness (QED) is 0.300. The molecule has 10 nitrogen and oxygen atoms in total. The number of rotatable bonds is 5. The van der Waals surface area contributed by atoms with Gasteiger partial charge in [-0.05, 0) is 30.7 Å². The van der Waals surface area contributed by atoms with E-state index >= 15 is 0 Å². The summed E-state index contributed by atoms with van der Waals surface area (Å²) in [6.07, 6.45) is 0.121. The van der Waals surface area contributed by atoms with E-state index in [-0.39, 0.29) is 46.1 Å². The molecule has 4 aromatic heterocycles. The number of alkyl halides is 2. The zero-order valence-electron chi connectivity index (χ0n) is 21.3. The highest BCUT2D eigenvalue weighted by atomic mass is 19.3. The van der Waals surface area contributed by atoms with Crippen LogP contribution in [0, 0.1) is 11.6 Å². The molecule has 2 bridgehead atoms. The normalized spacial score (nSPS) is 18.3. The van der Waals surface area contributed by atoms with Crippen molar-refractivity contribution in [3.05, 3.63) is 86.8 Å². The van der Waals surface area contributed by atoms with Gasteiger partial charge in [0.1, 0.15) is 34.3 Å². The van der Waals surface area contributed by atoms with Crippen molar-refractivity contribution in [2.75, 3.05) is 25.2 Å². The number of aromatic nitrogens is 5. The lowest BCUT2D eigenvalue weighted by Crippen LogP contribution is -2.40. The first kappa shape index (κ1) is 25.3. The molecule has 2 saturated heterocycles. The largest absolute Gasteiger partial charge is 0.480 e. The molecule has 0 aliphatic carbocycles. The molecule has 5 aromatic rings. The van der Waals surface area contributed by atoms with Gasteiger partial charge in [0.05, 0.1) is 48.8 Å². The van der Waals surface area contributed by atoms with Crippen molar-refractivity contribution in [3.8, 4) is 17.4 Å². The average Bonchev–Trinajstić information content (AvgIpc) is 3.69. The maximum atomic E-state index is 14.3. The van der Waals surface area contributed by atoms with Crippen LogP contribution in [0.3, 0.4) is 0 Å². The Morgan fingerprint density at radius 3 is 2.63 bits per heavy atom. The van der Waals surface area contributed by atoms with Crippen LogP contribution in [0.15, 0.2) is 58.4 Å². The number of halogens is 4. The lowest BCUT2D eigenvalue weighted by atomic mass is 10.1. The van der Waals surface area contributed by atoms with E-state index in [1.54, 1.807) is 0 Å². The number of nitrogens with zero attached hydrogens (tertiary/aromatic N) is 6. The summed E-state index contributed by atoms with van der Waals surface area (Å²) in [4.78, 5) is 38.8. The summed E-state index contributed by atoms with van der Waals surface area (Å²) >= 11 is 0. The van der Waals surface area contributed by atoms with Gasteiger partial charge < -0.3 is 14.4 Å². The minimum absolute atomic E-state index is 0.00404. The molecule has 7 rings (SSSR count). The Morgan fingerprint density at radius 2 is 1.93 bits per heavy atom. The van der Waals surface area contributed by atoms with Crippen LogP contribution < -0.4 is 20.9 Å². The van der Waals surface area contributed by atoms with Crippen molar-refractivity contribution in [2.45, 2.75) is 25.0 Å². The number of fused-ring (bicyclic) bond motifs is 4. The zero-order chi connectivity index (χ0) is 28.6. The highest BCUT2D eigenvalue weighted by Gasteiger charge is 2.40. The Balaban J connectivity index is 1.59. The second-order valence-electron chi connectivity index (χ2n) is 9.84. The van der Waals surface area contributed by atoms with Crippen LogP contribution in [0.25, 0.3) is 28.1 Å². The minimum Gasteiger partial charge on any atom is -0.480 e. The minimum atomic E-state index is -3.16. The smallest absolute Gasteiger partial charge is 0.342 e. The lowest BCUT2D eigenvalue weighted by molar-refractivity contribution is 0.0988. The third-order valence-corrected chi connectivity index (χ3v) is 7.54. The first-order valence-electron chi connectivity index (χ1n) is 12.6. The zero-order valence-corrected chi connectivity index (χ0v) is 21.3. The summed E-state index contributed by atoms with van der Waals surface area (Å²) < 4.78 is 69.9. The summed E-state index contributed by atoms with van der Waals surface area (Å²) in [5.41, 5.74) is -2.67. The Kier molecular flexibility index (Phi) is 5.64. The summed E-state index contributed by atoms with van der Waals surface area (Å²) in [7, 11) is 1.31. The highest BCUT2D eigenvalue weighted by Crippen LogP contribution is 2.35. The maximum absolute atomic E-state index is 14.3. The van der Waals surface area contributed by atoms with Crippen molar-refractivity contribution >= 4 is 22.4 Å². The monoisotopic (exact) mass is 568 g/mol. The number of methoxy groups -OCH3 is 1. The van der Waals surface area contributed by atoms with Crippen molar-refractivity contribution in [1.82, 2.24) is 23.5 Å². The first-order chi connectivity index (χ1) is 19.7. The Labute approximate surface area is 227 Å². The predicted octanol–water partition coefficient (Wildman–Crippen LogP) is 3.39. The van der Waals surface area contributed by atoms with Crippen molar-refractivity contribution in [2.24, 2.45) is 0 Å². The van der Waals surface area contributed by atoms with Crippen LogP contribution in [0.4, 0.5) is 23.4 Å². The van der Waals surface area contributed by atoms with Crippen LogP contribution in [0.1, 0.15) is 18.4 Å². The Hall–Kier alpha value is -4.72. The van der Waals surface area contributed by atoms with E-state index in [1.807, 2.05) is 4.90 Å². The fourth-order valence-corrected chi connectivity index (χ4v) is 5.65. The second kappa shape index (κ2) is 9.16. The highest BCUT2D eigenvalue weighted by molar-refractivity contribution is 5.87. The standard InChI is InChI=1S/C27H20F4N6O4/c1-40-25-23-19(9-21(33-25)35-11-16-7-15(35)12-41-16)36(14-2-3-18(29)17(8-14)24(30)31)27(39)37(26(23)38)22-10-32-20-6-13(28)4-5-34(20)22/h2-6,8-10,15-16,24H,7,11-12H2,1H3/t15-,16-/m0/s1. The molecule has 6 heterocycles. The number of morpholine rings is 1. The van der Waals surface area contributed by atoms with Gasteiger partial charge in [0.25, 0.3) is 12.0 Å². The summed E-state index contributed by atoms with van der Waals surface area (Å²) in [6.45, 7) is 1.00. The third-order valence-electron chi connectivity index (χ3n) is 7.54. The van der Waals surface area contributed by atoms with E-state index in [4.69, 9.17) is 9.47 Å². The number of anilines is 1. The van der Waals surface area contributed by atoms with Gasteiger partial charge in [-0.3, -0.25) is 13.8 Å². The van der Waals surface area contributed by atoms with Gasteiger partial charge in [0.15, 0.2) is 0 Å². The Bertz CT molecular complexity index is 1990. The van der Waals surface area contributed by atoms with E-state index in [2.05, 4.69) is 9.97 Å². The Morgan fingerprint density at radius 1 is 1.10 bits per heavy atom. The molecule has 210 valence electrons. The molecule has 14 heteroatoms. The second-order valence-corrected chi connectivity index (χ2v) is 9.84. The molecule has 41 heavy (non-hydrogen) atoms. The van der Waals surface area contributed by atoms with Crippen LogP contribution in [0.5, 0.6) is 5.88 Å². The SMILES string of the molecule is COc1nc(N2C[C@@H]3C[C@H]2CO3)cc2c1c(=O)n(-c1cnc3cc(F)ccn13)c(=O)n2-c1ccc(F)c(C(F)F)c1. The number of hydrogen-bond donors (Lipinski definition) is 0.